The number of carbonyl (C=O) groups is 1. The molecule has 16 heavy (non-hydrogen) atoms. The molecule has 1 rings (SSSR count). The zero-order valence-corrected chi connectivity index (χ0v) is 10.8. The molecule has 0 unspecified atom stereocenters. The van der Waals surface area contributed by atoms with E-state index in [1.54, 1.807) is 6.07 Å². The molecule has 1 N–H and O–H groups in total. The molecule has 0 bridgehead atoms. The van der Waals surface area contributed by atoms with Gasteiger partial charge in [-0.2, -0.15) is 0 Å². The van der Waals surface area contributed by atoms with Gasteiger partial charge < -0.3 is 10.2 Å². The fraction of sp³-hybridized carbons (Fsp3) is 0.364. The zero-order chi connectivity index (χ0) is 12.1. The molecule has 0 aliphatic carbocycles. The Hall–Kier alpha value is -0.940. The van der Waals surface area contributed by atoms with Gasteiger partial charge in [0, 0.05) is 17.6 Å². The van der Waals surface area contributed by atoms with Crippen molar-refractivity contribution >= 4 is 21.8 Å². The van der Waals surface area contributed by atoms with Crippen LogP contribution in [-0.2, 0) is 0 Å². The van der Waals surface area contributed by atoms with Gasteiger partial charge in [0.2, 0.25) is 0 Å². The molecule has 0 fully saturated rings. The van der Waals surface area contributed by atoms with Crippen molar-refractivity contribution in [3.05, 3.63) is 34.1 Å². The summed E-state index contributed by atoms with van der Waals surface area (Å²) in [6.45, 7) is 1.22. The van der Waals surface area contributed by atoms with Gasteiger partial charge in [0.25, 0.3) is 5.91 Å². The van der Waals surface area contributed by atoms with E-state index >= 15 is 0 Å². The monoisotopic (exact) mass is 288 g/mol. The van der Waals surface area contributed by atoms with Gasteiger partial charge in [-0.1, -0.05) is 15.9 Å². The lowest BCUT2D eigenvalue weighted by Crippen LogP contribution is -2.31. The van der Waals surface area contributed by atoms with E-state index in [1.807, 2.05) is 19.0 Å². The summed E-state index contributed by atoms with van der Waals surface area (Å²) in [5, 5.41) is 2.66. The average Bonchev–Trinajstić information content (AvgIpc) is 2.21. The minimum Gasteiger partial charge on any atom is -0.351 e. The SMILES string of the molecule is CN(C)CCNC(=O)c1cc(Br)ccc1F. The molecule has 1 amide bonds. The van der Waals surface area contributed by atoms with Crippen molar-refractivity contribution in [2.24, 2.45) is 0 Å². The van der Waals surface area contributed by atoms with Crippen LogP contribution in [0.15, 0.2) is 22.7 Å². The third-order valence-electron chi connectivity index (χ3n) is 2.02. The second-order valence-electron chi connectivity index (χ2n) is 3.68. The van der Waals surface area contributed by atoms with Crippen molar-refractivity contribution in [1.82, 2.24) is 10.2 Å². The molecule has 1 aromatic rings. The molecule has 0 saturated carbocycles. The van der Waals surface area contributed by atoms with E-state index in [1.165, 1.54) is 12.1 Å². The summed E-state index contributed by atoms with van der Waals surface area (Å²) in [4.78, 5) is 13.6. The summed E-state index contributed by atoms with van der Waals surface area (Å²) in [5.74, 6) is -0.897. The zero-order valence-electron chi connectivity index (χ0n) is 9.26. The minimum absolute atomic E-state index is 0.0631. The number of benzene rings is 1. The summed E-state index contributed by atoms with van der Waals surface area (Å²) in [6, 6.07) is 4.30. The van der Waals surface area contributed by atoms with E-state index < -0.39 is 5.82 Å². The largest absolute Gasteiger partial charge is 0.351 e. The first-order chi connectivity index (χ1) is 7.50. The van der Waals surface area contributed by atoms with Crippen LogP contribution < -0.4 is 5.32 Å². The molecule has 0 radical (unpaired) electrons. The molecule has 0 atom stereocenters. The third kappa shape index (κ3) is 3.90. The molecule has 0 saturated heterocycles. The number of halogens is 2. The lowest BCUT2D eigenvalue weighted by Gasteiger charge is -2.10. The Morgan fingerprint density at radius 3 is 2.81 bits per heavy atom. The number of carbonyl (C=O) groups excluding carboxylic acids is 1. The van der Waals surface area contributed by atoms with Gasteiger partial charge >= 0.3 is 0 Å². The second-order valence-corrected chi connectivity index (χ2v) is 4.60. The maximum Gasteiger partial charge on any atom is 0.254 e. The van der Waals surface area contributed by atoms with Crippen molar-refractivity contribution in [2.75, 3.05) is 27.2 Å². The molecular weight excluding hydrogens is 275 g/mol. The Kier molecular flexibility index (Phi) is 4.89. The Morgan fingerprint density at radius 2 is 2.19 bits per heavy atom. The maximum absolute atomic E-state index is 13.3. The van der Waals surface area contributed by atoms with Crippen molar-refractivity contribution in [3.63, 3.8) is 0 Å². The summed E-state index contributed by atoms with van der Waals surface area (Å²) in [5.41, 5.74) is 0.0631. The molecule has 5 heteroatoms. The van der Waals surface area contributed by atoms with Crippen LogP contribution in [-0.4, -0.2) is 38.0 Å². The van der Waals surface area contributed by atoms with Crippen LogP contribution in [0.2, 0.25) is 0 Å². The van der Waals surface area contributed by atoms with E-state index in [-0.39, 0.29) is 11.5 Å². The fourth-order valence-electron chi connectivity index (χ4n) is 1.16. The van der Waals surface area contributed by atoms with Gasteiger partial charge in [-0.05, 0) is 32.3 Å². The smallest absolute Gasteiger partial charge is 0.254 e. The van der Waals surface area contributed by atoms with Gasteiger partial charge in [-0.3, -0.25) is 4.79 Å². The molecule has 0 spiro atoms. The van der Waals surface area contributed by atoms with E-state index in [0.717, 1.165) is 6.54 Å². The van der Waals surface area contributed by atoms with Gasteiger partial charge in [0.15, 0.2) is 0 Å². The summed E-state index contributed by atoms with van der Waals surface area (Å²) >= 11 is 3.20. The third-order valence-corrected chi connectivity index (χ3v) is 2.51. The highest BCUT2D eigenvalue weighted by atomic mass is 79.9. The van der Waals surface area contributed by atoms with E-state index in [2.05, 4.69) is 21.2 Å². The molecule has 1 aromatic carbocycles. The number of nitrogens with one attached hydrogen (secondary N) is 1. The van der Waals surface area contributed by atoms with Crippen LogP contribution in [0, 0.1) is 5.82 Å². The summed E-state index contributed by atoms with van der Waals surface area (Å²) in [6.07, 6.45) is 0. The van der Waals surface area contributed by atoms with Gasteiger partial charge in [0.1, 0.15) is 5.82 Å². The Morgan fingerprint density at radius 1 is 1.50 bits per heavy atom. The highest BCUT2D eigenvalue weighted by Gasteiger charge is 2.11. The van der Waals surface area contributed by atoms with E-state index in [4.69, 9.17) is 0 Å². The second kappa shape index (κ2) is 5.96. The molecule has 0 aromatic heterocycles. The van der Waals surface area contributed by atoms with Gasteiger partial charge in [-0.25, -0.2) is 4.39 Å². The summed E-state index contributed by atoms with van der Waals surface area (Å²) in [7, 11) is 3.82. The molecule has 0 aliphatic heterocycles. The van der Waals surface area contributed by atoms with Crippen molar-refractivity contribution in [3.8, 4) is 0 Å². The first-order valence-electron chi connectivity index (χ1n) is 4.88. The predicted octanol–water partition coefficient (Wildman–Crippen LogP) is 1.88. The molecular formula is C11H14BrFN2O. The van der Waals surface area contributed by atoms with Gasteiger partial charge in [-0.15, -0.1) is 0 Å². The number of likely N-dealkylation sites (N-methyl/N-ethyl adjacent to an activating group) is 1. The average molecular weight is 289 g/mol. The van der Waals surface area contributed by atoms with Crippen LogP contribution in [0.5, 0.6) is 0 Å². The van der Waals surface area contributed by atoms with Crippen molar-refractivity contribution < 1.29 is 9.18 Å². The van der Waals surface area contributed by atoms with E-state index in [0.29, 0.717) is 11.0 Å². The Labute approximate surface area is 103 Å². The Balaban J connectivity index is 2.62. The normalized spacial score (nSPS) is 10.6. The maximum atomic E-state index is 13.3. The Bertz CT molecular complexity index is 382. The van der Waals surface area contributed by atoms with Crippen LogP contribution in [0.3, 0.4) is 0 Å². The van der Waals surface area contributed by atoms with Crippen LogP contribution in [0.1, 0.15) is 10.4 Å². The molecule has 88 valence electrons. The van der Waals surface area contributed by atoms with Gasteiger partial charge in [0.05, 0.1) is 5.56 Å². The number of rotatable bonds is 4. The molecule has 0 aliphatic rings. The molecule has 3 nitrogen and oxygen atoms in total. The molecule has 0 heterocycles. The first kappa shape index (κ1) is 13.1. The quantitative estimate of drug-likeness (QED) is 0.918. The number of nitrogens with zero attached hydrogens (tertiary/aromatic N) is 1. The highest BCUT2D eigenvalue weighted by molar-refractivity contribution is 9.10. The standard InChI is InChI=1S/C11H14BrFN2O/c1-15(2)6-5-14-11(16)9-7-8(12)3-4-10(9)13/h3-4,7H,5-6H2,1-2H3,(H,14,16). The van der Waals surface area contributed by atoms with Crippen LogP contribution >= 0.6 is 15.9 Å². The minimum atomic E-state index is -0.509. The number of hydrogen-bond acceptors (Lipinski definition) is 2. The lowest BCUT2D eigenvalue weighted by molar-refractivity contribution is 0.0947. The predicted molar refractivity (Wildman–Crippen MR) is 65.0 cm³/mol. The first-order valence-corrected chi connectivity index (χ1v) is 5.68. The van der Waals surface area contributed by atoms with Crippen molar-refractivity contribution in [1.29, 1.82) is 0 Å². The highest BCUT2D eigenvalue weighted by Crippen LogP contribution is 2.15. The topological polar surface area (TPSA) is 32.3 Å². The number of hydrogen-bond donors (Lipinski definition) is 1. The lowest BCUT2D eigenvalue weighted by atomic mass is 10.2. The fourth-order valence-corrected chi connectivity index (χ4v) is 1.52. The van der Waals surface area contributed by atoms with Crippen LogP contribution in [0.4, 0.5) is 4.39 Å². The van der Waals surface area contributed by atoms with Crippen LogP contribution in [0.25, 0.3) is 0 Å². The van der Waals surface area contributed by atoms with Crippen molar-refractivity contribution in [2.45, 2.75) is 0 Å². The van der Waals surface area contributed by atoms with E-state index in [9.17, 15) is 9.18 Å². The number of amides is 1. The summed E-state index contributed by atoms with van der Waals surface area (Å²) < 4.78 is 14.0.